The lowest BCUT2D eigenvalue weighted by Crippen LogP contribution is -2.50. The highest BCUT2D eigenvalue weighted by Crippen LogP contribution is 2.24. The van der Waals surface area contributed by atoms with Gasteiger partial charge in [0.05, 0.1) is 14.2 Å². The van der Waals surface area contributed by atoms with Crippen molar-refractivity contribution in [2.24, 2.45) is 0 Å². The van der Waals surface area contributed by atoms with E-state index in [9.17, 15) is 13.2 Å². The molecule has 0 spiro atoms. The van der Waals surface area contributed by atoms with Crippen LogP contribution >= 0.6 is 0 Å². The first-order valence-electron chi connectivity index (χ1n) is 8.07. The summed E-state index contributed by atoms with van der Waals surface area (Å²) in [5, 5.41) is 0. The molecule has 140 valence electrons. The van der Waals surface area contributed by atoms with Gasteiger partial charge >= 0.3 is 6.09 Å². The van der Waals surface area contributed by atoms with Crippen molar-refractivity contribution in [2.45, 2.75) is 11.8 Å². The molecule has 1 heterocycles. The maximum absolute atomic E-state index is 12.5. The first kappa shape index (κ1) is 19.5. The van der Waals surface area contributed by atoms with Crippen molar-refractivity contribution in [2.75, 3.05) is 53.5 Å². The van der Waals surface area contributed by atoms with E-state index in [2.05, 4.69) is 9.62 Å². The molecule has 1 aromatic carbocycles. The molecule has 1 aliphatic heterocycles. The molecule has 0 aromatic heterocycles. The molecular formula is C16H25N3O5S. The Morgan fingerprint density at radius 3 is 2.48 bits per heavy atom. The zero-order chi connectivity index (χ0) is 18.4. The smallest absolute Gasteiger partial charge is 0.409 e. The number of nitrogens with one attached hydrogen (secondary N) is 1. The van der Waals surface area contributed by atoms with Gasteiger partial charge in [-0.15, -0.1) is 0 Å². The van der Waals surface area contributed by atoms with Crippen molar-refractivity contribution in [3.05, 3.63) is 23.8 Å². The highest BCUT2D eigenvalue weighted by molar-refractivity contribution is 7.89. The van der Waals surface area contributed by atoms with Gasteiger partial charge in [-0.25, -0.2) is 17.9 Å². The molecule has 0 bridgehead atoms. The van der Waals surface area contributed by atoms with Crippen molar-refractivity contribution < 1.29 is 22.7 Å². The molecule has 0 atom stereocenters. The molecule has 1 aliphatic rings. The largest absolute Gasteiger partial charge is 0.495 e. The molecule has 0 unspecified atom stereocenters. The zero-order valence-electron chi connectivity index (χ0n) is 14.8. The molecule has 0 aliphatic carbocycles. The standard InChI is InChI=1S/C16H25N3O5S/c1-13-4-5-14(23-2)15(12-13)25(21,22)17-6-7-18-8-10-19(11-9-18)16(20)24-3/h4-5,12,17H,6-11H2,1-3H3. The SMILES string of the molecule is COC(=O)N1CCN(CCNS(=O)(=O)c2cc(C)ccc2OC)CC1. The van der Waals surface area contributed by atoms with E-state index < -0.39 is 10.0 Å². The van der Waals surface area contributed by atoms with E-state index in [0.29, 0.717) is 38.5 Å². The topological polar surface area (TPSA) is 88.2 Å². The highest BCUT2D eigenvalue weighted by atomic mass is 32.2. The fraction of sp³-hybridized carbons (Fsp3) is 0.562. The van der Waals surface area contributed by atoms with Crippen LogP contribution in [0.5, 0.6) is 5.75 Å². The molecule has 1 fully saturated rings. The normalized spacial score (nSPS) is 15.9. The van der Waals surface area contributed by atoms with Gasteiger partial charge < -0.3 is 14.4 Å². The van der Waals surface area contributed by atoms with Gasteiger partial charge in [-0.1, -0.05) is 6.07 Å². The Labute approximate surface area is 148 Å². The first-order valence-corrected chi connectivity index (χ1v) is 9.55. The van der Waals surface area contributed by atoms with Crippen LogP contribution in [0.15, 0.2) is 23.1 Å². The molecule has 1 amide bonds. The molecule has 1 aromatic rings. The average Bonchev–Trinajstić information content (AvgIpc) is 2.61. The predicted octanol–water partition coefficient (Wildman–Crippen LogP) is 0.666. The third-order valence-corrected chi connectivity index (χ3v) is 5.62. The lowest BCUT2D eigenvalue weighted by molar-refractivity contribution is 0.0918. The second-order valence-corrected chi connectivity index (χ2v) is 7.59. The van der Waals surface area contributed by atoms with Gasteiger partial charge in [-0.05, 0) is 24.6 Å². The van der Waals surface area contributed by atoms with Crippen LogP contribution < -0.4 is 9.46 Å². The summed E-state index contributed by atoms with van der Waals surface area (Å²) in [4.78, 5) is 15.3. The van der Waals surface area contributed by atoms with Crippen LogP contribution in [0, 0.1) is 6.92 Å². The summed E-state index contributed by atoms with van der Waals surface area (Å²) < 4.78 is 37.5. The molecule has 9 heteroatoms. The number of nitrogens with zero attached hydrogens (tertiary/aromatic N) is 2. The van der Waals surface area contributed by atoms with Gasteiger partial charge in [0.2, 0.25) is 10.0 Å². The van der Waals surface area contributed by atoms with E-state index in [1.165, 1.54) is 14.2 Å². The molecule has 0 saturated carbocycles. The number of sulfonamides is 1. The van der Waals surface area contributed by atoms with E-state index in [1.54, 1.807) is 23.1 Å². The van der Waals surface area contributed by atoms with Crippen LogP contribution in [0.4, 0.5) is 4.79 Å². The quantitative estimate of drug-likeness (QED) is 0.791. The number of carbonyl (C=O) groups excluding carboxylic acids is 1. The van der Waals surface area contributed by atoms with E-state index in [-0.39, 0.29) is 17.5 Å². The lowest BCUT2D eigenvalue weighted by atomic mass is 10.2. The van der Waals surface area contributed by atoms with Gasteiger partial charge in [0.1, 0.15) is 10.6 Å². The second kappa shape index (κ2) is 8.50. The Kier molecular flexibility index (Phi) is 6.63. The molecule has 25 heavy (non-hydrogen) atoms. The lowest BCUT2D eigenvalue weighted by Gasteiger charge is -2.33. The van der Waals surface area contributed by atoms with Crippen molar-refractivity contribution in [3.8, 4) is 5.75 Å². The number of carbonyl (C=O) groups is 1. The highest BCUT2D eigenvalue weighted by Gasteiger charge is 2.23. The Morgan fingerprint density at radius 2 is 1.88 bits per heavy atom. The summed E-state index contributed by atoms with van der Waals surface area (Å²) in [6, 6.07) is 5.05. The second-order valence-electron chi connectivity index (χ2n) is 5.85. The van der Waals surface area contributed by atoms with Gasteiger partial charge in [-0.2, -0.15) is 0 Å². The van der Waals surface area contributed by atoms with E-state index in [4.69, 9.17) is 9.47 Å². The summed E-state index contributed by atoms with van der Waals surface area (Å²) in [7, 11) is -0.828. The first-order chi connectivity index (χ1) is 11.9. The molecule has 0 radical (unpaired) electrons. The number of hydrogen-bond acceptors (Lipinski definition) is 6. The fourth-order valence-corrected chi connectivity index (χ4v) is 3.97. The Hall–Kier alpha value is -1.84. The average molecular weight is 371 g/mol. The Balaban J connectivity index is 1.87. The van der Waals surface area contributed by atoms with Gasteiger partial charge in [0.15, 0.2) is 0 Å². The molecular weight excluding hydrogens is 346 g/mol. The predicted molar refractivity (Wildman–Crippen MR) is 93.3 cm³/mol. The molecule has 1 N–H and O–H groups in total. The minimum atomic E-state index is -3.64. The molecule has 8 nitrogen and oxygen atoms in total. The number of hydrogen-bond donors (Lipinski definition) is 1. The summed E-state index contributed by atoms with van der Waals surface area (Å²) in [6.45, 7) is 5.21. The number of benzene rings is 1. The van der Waals surface area contributed by atoms with Crippen LogP contribution in [0.3, 0.4) is 0 Å². The van der Waals surface area contributed by atoms with Crippen LogP contribution in [-0.2, 0) is 14.8 Å². The number of ether oxygens (including phenoxy) is 2. The number of piperazine rings is 1. The van der Waals surface area contributed by atoms with Crippen molar-refractivity contribution in [1.82, 2.24) is 14.5 Å². The zero-order valence-corrected chi connectivity index (χ0v) is 15.6. The van der Waals surface area contributed by atoms with Crippen molar-refractivity contribution >= 4 is 16.1 Å². The van der Waals surface area contributed by atoms with Crippen molar-refractivity contribution in [1.29, 1.82) is 0 Å². The number of aryl methyl sites for hydroxylation is 1. The molecule has 1 saturated heterocycles. The maximum atomic E-state index is 12.5. The van der Waals surface area contributed by atoms with Gasteiger partial charge in [-0.3, -0.25) is 4.90 Å². The third kappa shape index (κ3) is 5.07. The summed E-state index contributed by atoms with van der Waals surface area (Å²) in [5.41, 5.74) is 0.847. The van der Waals surface area contributed by atoms with E-state index in [1.807, 2.05) is 6.92 Å². The van der Waals surface area contributed by atoms with E-state index in [0.717, 1.165) is 5.56 Å². The van der Waals surface area contributed by atoms with Gasteiger partial charge in [0.25, 0.3) is 0 Å². The summed E-state index contributed by atoms with van der Waals surface area (Å²) in [5.74, 6) is 0.324. The van der Waals surface area contributed by atoms with Crippen LogP contribution in [0.1, 0.15) is 5.56 Å². The Morgan fingerprint density at radius 1 is 1.20 bits per heavy atom. The van der Waals surface area contributed by atoms with Crippen LogP contribution in [-0.4, -0.2) is 77.8 Å². The Bertz CT molecular complexity index is 700. The molecule has 2 rings (SSSR count). The number of rotatable bonds is 6. The monoisotopic (exact) mass is 371 g/mol. The van der Waals surface area contributed by atoms with Crippen molar-refractivity contribution in [3.63, 3.8) is 0 Å². The van der Waals surface area contributed by atoms with Crippen LogP contribution in [0.25, 0.3) is 0 Å². The third-order valence-electron chi connectivity index (χ3n) is 4.13. The summed E-state index contributed by atoms with van der Waals surface area (Å²) in [6.07, 6.45) is -0.327. The maximum Gasteiger partial charge on any atom is 0.409 e. The minimum Gasteiger partial charge on any atom is -0.495 e. The van der Waals surface area contributed by atoms with Crippen LogP contribution in [0.2, 0.25) is 0 Å². The number of amides is 1. The summed E-state index contributed by atoms with van der Waals surface area (Å²) >= 11 is 0. The fourth-order valence-electron chi connectivity index (χ4n) is 2.69. The number of methoxy groups -OCH3 is 2. The van der Waals surface area contributed by atoms with Gasteiger partial charge in [0, 0.05) is 39.3 Å². The minimum absolute atomic E-state index is 0.144. The van der Waals surface area contributed by atoms with E-state index >= 15 is 0 Å².